The molecular formula is C14H24N2O2. The molecule has 4 heteroatoms. The van der Waals surface area contributed by atoms with Crippen molar-refractivity contribution in [1.82, 2.24) is 10.2 Å². The van der Waals surface area contributed by atoms with Gasteiger partial charge >= 0.3 is 0 Å². The fourth-order valence-electron chi connectivity index (χ4n) is 2.49. The third-order valence-electron chi connectivity index (χ3n) is 3.61. The minimum Gasteiger partial charge on any atom is -0.469 e. The van der Waals surface area contributed by atoms with Crippen LogP contribution in [0.3, 0.4) is 0 Å². The van der Waals surface area contributed by atoms with E-state index in [1.165, 1.54) is 24.2 Å². The molecule has 1 aromatic rings. The molecule has 0 radical (unpaired) electrons. The molecule has 1 heterocycles. The van der Waals surface area contributed by atoms with Gasteiger partial charge in [-0.1, -0.05) is 0 Å². The number of nitrogens with one attached hydrogen (secondary N) is 1. The molecule has 0 bridgehead atoms. The molecule has 1 N–H and O–H groups in total. The first-order valence-corrected chi connectivity index (χ1v) is 6.78. The van der Waals surface area contributed by atoms with Crippen LogP contribution in [0.5, 0.6) is 0 Å². The van der Waals surface area contributed by atoms with Gasteiger partial charge in [0, 0.05) is 44.8 Å². The summed E-state index contributed by atoms with van der Waals surface area (Å²) in [6.07, 6.45) is 5.34. The Morgan fingerprint density at radius 1 is 1.50 bits per heavy atom. The monoisotopic (exact) mass is 252 g/mol. The van der Waals surface area contributed by atoms with Crippen LogP contribution in [-0.2, 0) is 11.2 Å². The van der Waals surface area contributed by atoms with Crippen LogP contribution in [0.4, 0.5) is 0 Å². The molecule has 0 saturated carbocycles. The van der Waals surface area contributed by atoms with E-state index in [1.807, 2.05) is 6.26 Å². The summed E-state index contributed by atoms with van der Waals surface area (Å²) in [6, 6.07) is 2.59. The van der Waals surface area contributed by atoms with E-state index in [0.717, 1.165) is 32.7 Å². The summed E-state index contributed by atoms with van der Waals surface area (Å²) in [5, 5.41) is 3.63. The fourth-order valence-corrected chi connectivity index (χ4v) is 2.49. The maximum Gasteiger partial charge on any atom is 0.108 e. The van der Waals surface area contributed by atoms with E-state index in [1.54, 1.807) is 7.11 Å². The van der Waals surface area contributed by atoms with Crippen LogP contribution in [-0.4, -0.2) is 45.3 Å². The highest BCUT2D eigenvalue weighted by molar-refractivity contribution is 5.23. The standard InChI is InChI=1S/C14H24N2O2/c1-16(9-11-17-2)8-7-15-13-4-3-5-14-12(13)6-10-18-14/h6,10,13,15H,3-5,7-9,11H2,1-2H3. The lowest BCUT2D eigenvalue weighted by Crippen LogP contribution is -2.34. The van der Waals surface area contributed by atoms with Crippen molar-refractivity contribution in [3.05, 3.63) is 23.7 Å². The zero-order valence-corrected chi connectivity index (χ0v) is 11.4. The number of methoxy groups -OCH3 is 1. The van der Waals surface area contributed by atoms with Crippen molar-refractivity contribution in [2.45, 2.75) is 25.3 Å². The molecule has 2 rings (SSSR count). The Kier molecular flexibility index (Phi) is 5.23. The summed E-state index contributed by atoms with van der Waals surface area (Å²) >= 11 is 0. The van der Waals surface area contributed by atoms with Crippen molar-refractivity contribution < 1.29 is 9.15 Å². The Morgan fingerprint density at radius 3 is 3.22 bits per heavy atom. The number of nitrogens with zero attached hydrogens (tertiary/aromatic N) is 1. The maximum absolute atomic E-state index is 5.50. The number of hydrogen-bond acceptors (Lipinski definition) is 4. The van der Waals surface area contributed by atoms with Gasteiger partial charge in [-0.15, -0.1) is 0 Å². The summed E-state index contributed by atoms with van der Waals surface area (Å²) in [5.74, 6) is 1.17. The van der Waals surface area contributed by atoms with E-state index in [4.69, 9.17) is 9.15 Å². The number of aryl methyl sites for hydroxylation is 1. The molecule has 1 atom stereocenters. The van der Waals surface area contributed by atoms with E-state index in [0.29, 0.717) is 6.04 Å². The van der Waals surface area contributed by atoms with Crippen molar-refractivity contribution in [3.63, 3.8) is 0 Å². The first-order chi connectivity index (χ1) is 8.81. The summed E-state index contributed by atoms with van der Waals surface area (Å²) < 4.78 is 10.6. The van der Waals surface area contributed by atoms with Gasteiger partial charge in [0.1, 0.15) is 5.76 Å². The Morgan fingerprint density at radius 2 is 2.39 bits per heavy atom. The zero-order valence-electron chi connectivity index (χ0n) is 11.4. The van der Waals surface area contributed by atoms with Crippen LogP contribution in [0.2, 0.25) is 0 Å². The molecule has 0 aliphatic heterocycles. The van der Waals surface area contributed by atoms with Crippen LogP contribution in [0.15, 0.2) is 16.7 Å². The van der Waals surface area contributed by atoms with E-state index in [9.17, 15) is 0 Å². The number of hydrogen-bond donors (Lipinski definition) is 1. The number of likely N-dealkylation sites (N-methyl/N-ethyl adjacent to an activating group) is 1. The minimum absolute atomic E-state index is 0.475. The third-order valence-corrected chi connectivity index (χ3v) is 3.61. The molecule has 1 aliphatic rings. The second kappa shape index (κ2) is 6.92. The first-order valence-electron chi connectivity index (χ1n) is 6.78. The van der Waals surface area contributed by atoms with Gasteiger partial charge in [-0.2, -0.15) is 0 Å². The molecule has 1 aromatic heterocycles. The summed E-state index contributed by atoms with van der Waals surface area (Å²) in [7, 11) is 3.87. The van der Waals surface area contributed by atoms with Crippen molar-refractivity contribution >= 4 is 0 Å². The predicted octanol–water partition coefficient (Wildman–Crippen LogP) is 1.82. The van der Waals surface area contributed by atoms with Gasteiger partial charge in [-0.3, -0.25) is 0 Å². The van der Waals surface area contributed by atoms with Crippen molar-refractivity contribution in [2.75, 3.05) is 40.4 Å². The van der Waals surface area contributed by atoms with E-state index in [-0.39, 0.29) is 0 Å². The average Bonchev–Trinajstić information content (AvgIpc) is 2.85. The number of rotatable bonds is 7. The van der Waals surface area contributed by atoms with Gasteiger partial charge in [0.2, 0.25) is 0 Å². The smallest absolute Gasteiger partial charge is 0.108 e. The van der Waals surface area contributed by atoms with Crippen LogP contribution in [0, 0.1) is 0 Å². The zero-order chi connectivity index (χ0) is 12.8. The number of ether oxygens (including phenoxy) is 1. The lowest BCUT2D eigenvalue weighted by Gasteiger charge is -2.24. The van der Waals surface area contributed by atoms with Crippen molar-refractivity contribution in [1.29, 1.82) is 0 Å². The van der Waals surface area contributed by atoms with E-state index < -0.39 is 0 Å². The maximum atomic E-state index is 5.50. The van der Waals surface area contributed by atoms with Crippen LogP contribution >= 0.6 is 0 Å². The van der Waals surface area contributed by atoms with Gasteiger partial charge in [0.05, 0.1) is 12.9 Å². The van der Waals surface area contributed by atoms with E-state index >= 15 is 0 Å². The highest BCUT2D eigenvalue weighted by atomic mass is 16.5. The van der Waals surface area contributed by atoms with Gasteiger partial charge in [-0.25, -0.2) is 0 Å². The Labute approximate surface area is 109 Å². The first kappa shape index (κ1) is 13.6. The molecule has 0 aromatic carbocycles. The molecule has 0 fully saturated rings. The summed E-state index contributed by atoms with van der Waals surface area (Å²) in [4.78, 5) is 2.29. The molecule has 4 nitrogen and oxygen atoms in total. The largest absolute Gasteiger partial charge is 0.469 e. The minimum atomic E-state index is 0.475. The molecule has 102 valence electrons. The van der Waals surface area contributed by atoms with Crippen LogP contribution in [0.1, 0.15) is 30.2 Å². The topological polar surface area (TPSA) is 37.6 Å². The number of fused-ring (bicyclic) bond motifs is 1. The lowest BCUT2D eigenvalue weighted by atomic mass is 9.93. The molecule has 1 aliphatic carbocycles. The second-order valence-electron chi connectivity index (χ2n) is 4.99. The summed E-state index contributed by atoms with van der Waals surface area (Å²) in [5.41, 5.74) is 1.36. The van der Waals surface area contributed by atoms with E-state index in [2.05, 4.69) is 23.3 Å². The highest BCUT2D eigenvalue weighted by Gasteiger charge is 2.21. The fraction of sp³-hybridized carbons (Fsp3) is 0.714. The summed E-state index contributed by atoms with van der Waals surface area (Å²) in [6.45, 7) is 3.84. The Bertz CT molecular complexity index is 351. The van der Waals surface area contributed by atoms with Gasteiger partial charge < -0.3 is 19.4 Å². The lowest BCUT2D eigenvalue weighted by molar-refractivity contribution is 0.161. The van der Waals surface area contributed by atoms with Gasteiger partial charge in [-0.05, 0) is 26.0 Å². The van der Waals surface area contributed by atoms with Crippen molar-refractivity contribution in [2.24, 2.45) is 0 Å². The van der Waals surface area contributed by atoms with Gasteiger partial charge in [0.15, 0.2) is 0 Å². The normalized spacial score (nSPS) is 19.2. The number of furan rings is 1. The molecule has 0 spiro atoms. The Balaban J connectivity index is 1.72. The highest BCUT2D eigenvalue weighted by Crippen LogP contribution is 2.30. The van der Waals surface area contributed by atoms with Crippen LogP contribution in [0.25, 0.3) is 0 Å². The molecule has 1 unspecified atom stereocenters. The SMILES string of the molecule is COCCN(C)CCNC1CCCc2occc21. The van der Waals surface area contributed by atoms with Gasteiger partial charge in [0.25, 0.3) is 0 Å². The molecule has 0 saturated heterocycles. The second-order valence-corrected chi connectivity index (χ2v) is 4.99. The molecule has 0 amide bonds. The third kappa shape index (κ3) is 3.57. The quantitative estimate of drug-likeness (QED) is 0.803. The molecular weight excluding hydrogens is 228 g/mol. The molecule has 18 heavy (non-hydrogen) atoms. The van der Waals surface area contributed by atoms with Crippen LogP contribution < -0.4 is 5.32 Å². The predicted molar refractivity (Wildman–Crippen MR) is 71.8 cm³/mol. The average molecular weight is 252 g/mol. The Hall–Kier alpha value is -0.840. The van der Waals surface area contributed by atoms with Crippen molar-refractivity contribution in [3.8, 4) is 0 Å².